The van der Waals surface area contributed by atoms with Crippen molar-refractivity contribution in [1.82, 2.24) is 5.32 Å². The van der Waals surface area contributed by atoms with Crippen molar-refractivity contribution in [2.45, 2.75) is 39.3 Å². The predicted molar refractivity (Wildman–Crippen MR) is 117 cm³/mol. The van der Waals surface area contributed by atoms with Crippen molar-refractivity contribution in [2.24, 2.45) is 5.92 Å². The Balaban J connectivity index is 1.83. The summed E-state index contributed by atoms with van der Waals surface area (Å²) in [5, 5.41) is 12.6. The molecule has 0 spiro atoms. The zero-order valence-corrected chi connectivity index (χ0v) is 17.6. The summed E-state index contributed by atoms with van der Waals surface area (Å²) >= 11 is 0. The van der Waals surface area contributed by atoms with E-state index in [1.807, 2.05) is 37.3 Å². The van der Waals surface area contributed by atoms with E-state index in [0.29, 0.717) is 17.8 Å². The third kappa shape index (κ3) is 5.12. The largest absolute Gasteiger partial charge is 0.481 e. The second-order valence-electron chi connectivity index (χ2n) is 7.47. The molecule has 0 saturated carbocycles. The number of hydrogen-bond acceptors (Lipinski definition) is 5. The van der Waals surface area contributed by atoms with Gasteiger partial charge < -0.3 is 19.6 Å². The van der Waals surface area contributed by atoms with Crippen LogP contribution < -0.4 is 15.7 Å². The van der Waals surface area contributed by atoms with Crippen molar-refractivity contribution in [3.63, 3.8) is 0 Å². The average molecular weight is 423 g/mol. The van der Waals surface area contributed by atoms with Gasteiger partial charge in [0.2, 0.25) is 0 Å². The van der Waals surface area contributed by atoms with Crippen molar-refractivity contribution < 1.29 is 23.8 Å². The van der Waals surface area contributed by atoms with Gasteiger partial charge in [0, 0.05) is 17.5 Å². The minimum atomic E-state index is -1.09. The molecule has 7 heteroatoms. The molecule has 3 rings (SSSR count). The number of hydrogen-bond donors (Lipinski definition) is 2. The topological polar surface area (TPSA) is 106 Å². The van der Waals surface area contributed by atoms with Gasteiger partial charge >= 0.3 is 11.6 Å². The summed E-state index contributed by atoms with van der Waals surface area (Å²) in [7, 11) is 0. The van der Waals surface area contributed by atoms with Crippen LogP contribution in [0.5, 0.6) is 5.75 Å². The van der Waals surface area contributed by atoms with Crippen molar-refractivity contribution in [3.8, 4) is 16.9 Å². The zero-order chi connectivity index (χ0) is 22.5. The molecule has 2 N–H and O–H groups in total. The minimum absolute atomic E-state index is 0.222. The highest BCUT2D eigenvalue weighted by Crippen LogP contribution is 2.29. The van der Waals surface area contributed by atoms with Crippen LogP contribution in [0.25, 0.3) is 22.1 Å². The molecule has 31 heavy (non-hydrogen) atoms. The van der Waals surface area contributed by atoms with Gasteiger partial charge in [0.15, 0.2) is 6.10 Å². The summed E-state index contributed by atoms with van der Waals surface area (Å²) in [6, 6.07) is 14.9. The lowest BCUT2D eigenvalue weighted by Crippen LogP contribution is -2.49. The van der Waals surface area contributed by atoms with E-state index < -0.39 is 29.6 Å². The van der Waals surface area contributed by atoms with Gasteiger partial charge in [-0.3, -0.25) is 4.79 Å². The lowest BCUT2D eigenvalue weighted by molar-refractivity contribution is -0.144. The van der Waals surface area contributed by atoms with Crippen LogP contribution in [0.1, 0.15) is 27.2 Å². The van der Waals surface area contributed by atoms with Gasteiger partial charge in [-0.1, -0.05) is 50.6 Å². The first-order valence-electron chi connectivity index (χ1n) is 10.1. The Labute approximate surface area is 179 Å². The van der Waals surface area contributed by atoms with E-state index >= 15 is 0 Å². The average Bonchev–Trinajstić information content (AvgIpc) is 2.76. The van der Waals surface area contributed by atoms with Crippen LogP contribution in [0.4, 0.5) is 0 Å². The Hall–Kier alpha value is -3.61. The van der Waals surface area contributed by atoms with Gasteiger partial charge in [0.25, 0.3) is 5.91 Å². The molecule has 1 amide bonds. The van der Waals surface area contributed by atoms with E-state index in [-0.39, 0.29) is 5.92 Å². The molecule has 162 valence electrons. The van der Waals surface area contributed by atoms with Crippen LogP contribution in [-0.2, 0) is 9.59 Å². The molecule has 0 bridgehead atoms. The van der Waals surface area contributed by atoms with Crippen molar-refractivity contribution >= 4 is 22.8 Å². The van der Waals surface area contributed by atoms with Crippen LogP contribution in [0, 0.1) is 5.92 Å². The van der Waals surface area contributed by atoms with E-state index in [4.69, 9.17) is 9.15 Å². The fourth-order valence-electron chi connectivity index (χ4n) is 3.28. The maximum Gasteiger partial charge on any atom is 0.336 e. The molecule has 0 aliphatic rings. The first-order valence-corrected chi connectivity index (χ1v) is 10.1. The number of benzene rings is 2. The molecule has 0 radical (unpaired) electrons. The highest BCUT2D eigenvalue weighted by atomic mass is 16.5. The number of carboxylic acids is 1. The van der Waals surface area contributed by atoms with Crippen molar-refractivity contribution in [1.29, 1.82) is 0 Å². The maximum absolute atomic E-state index is 12.5. The van der Waals surface area contributed by atoms with E-state index in [9.17, 15) is 19.5 Å². The number of rotatable bonds is 8. The quantitative estimate of drug-likeness (QED) is 0.533. The van der Waals surface area contributed by atoms with Crippen molar-refractivity contribution in [2.75, 3.05) is 0 Å². The zero-order valence-electron chi connectivity index (χ0n) is 17.6. The van der Waals surface area contributed by atoms with E-state index in [2.05, 4.69) is 5.32 Å². The molecule has 0 unspecified atom stereocenters. The van der Waals surface area contributed by atoms with Crippen molar-refractivity contribution in [3.05, 3.63) is 65.0 Å². The normalized spacial score (nSPS) is 13.9. The highest BCUT2D eigenvalue weighted by Gasteiger charge is 2.28. The Kier molecular flexibility index (Phi) is 6.74. The smallest absolute Gasteiger partial charge is 0.336 e. The highest BCUT2D eigenvalue weighted by molar-refractivity contribution is 5.94. The maximum atomic E-state index is 12.5. The summed E-state index contributed by atoms with van der Waals surface area (Å²) in [4.78, 5) is 36.0. The number of fused-ring (bicyclic) bond motifs is 1. The second-order valence-corrected chi connectivity index (χ2v) is 7.47. The standard InChI is InChI=1S/C24H25NO6/c1-4-14(2)22(24(28)29)25-23(27)15(3)30-17-10-11-18-19(16-8-6-5-7-9-16)13-21(26)31-20(18)12-17/h5-15,22H,4H2,1-3H3,(H,25,27)(H,28,29)/t14-,15-,22+/m0/s1. The van der Waals surface area contributed by atoms with Crippen LogP contribution in [0.3, 0.4) is 0 Å². The number of carbonyl (C=O) groups excluding carboxylic acids is 1. The Morgan fingerprint density at radius 3 is 2.45 bits per heavy atom. The summed E-state index contributed by atoms with van der Waals surface area (Å²) in [5.41, 5.74) is 1.46. The number of carbonyl (C=O) groups is 2. The Morgan fingerprint density at radius 2 is 1.81 bits per heavy atom. The molecular formula is C24H25NO6. The lowest BCUT2D eigenvalue weighted by Gasteiger charge is -2.22. The molecule has 0 aliphatic carbocycles. The molecule has 0 fully saturated rings. The molecule has 0 aliphatic heterocycles. The first-order chi connectivity index (χ1) is 14.8. The number of aliphatic carboxylic acids is 1. The molecule has 2 aromatic carbocycles. The Morgan fingerprint density at radius 1 is 1.10 bits per heavy atom. The molecule has 3 aromatic rings. The summed E-state index contributed by atoms with van der Waals surface area (Å²) in [5.74, 6) is -1.51. The van der Waals surface area contributed by atoms with Crippen LogP contribution >= 0.6 is 0 Å². The summed E-state index contributed by atoms with van der Waals surface area (Å²) in [6.07, 6.45) is -0.327. The molecule has 1 aromatic heterocycles. The fraction of sp³-hybridized carbons (Fsp3) is 0.292. The van der Waals surface area contributed by atoms with Gasteiger partial charge in [-0.25, -0.2) is 9.59 Å². The SMILES string of the molecule is CC[C@H](C)[C@@H](NC(=O)[C@H](C)Oc1ccc2c(-c3ccccc3)cc(=O)oc2c1)C(=O)O. The van der Waals surface area contributed by atoms with Crippen LogP contribution in [0.15, 0.2) is 63.8 Å². The molecule has 7 nitrogen and oxygen atoms in total. The molecule has 1 heterocycles. The molecule has 0 saturated heterocycles. The first kappa shape index (κ1) is 22.1. The third-order valence-corrected chi connectivity index (χ3v) is 5.26. The summed E-state index contributed by atoms with van der Waals surface area (Å²) < 4.78 is 11.0. The van der Waals surface area contributed by atoms with E-state index in [0.717, 1.165) is 16.5 Å². The lowest BCUT2D eigenvalue weighted by atomic mass is 9.99. The van der Waals surface area contributed by atoms with Gasteiger partial charge in [-0.15, -0.1) is 0 Å². The van der Waals surface area contributed by atoms with Crippen LogP contribution in [0.2, 0.25) is 0 Å². The number of nitrogens with one attached hydrogen (secondary N) is 1. The second kappa shape index (κ2) is 9.47. The van der Waals surface area contributed by atoms with E-state index in [1.165, 1.54) is 13.0 Å². The predicted octanol–water partition coefficient (Wildman–Crippen LogP) is 3.84. The van der Waals surface area contributed by atoms with Crippen LogP contribution in [-0.4, -0.2) is 29.1 Å². The molecule has 3 atom stereocenters. The van der Waals surface area contributed by atoms with Gasteiger partial charge in [0.1, 0.15) is 17.4 Å². The molecular weight excluding hydrogens is 398 g/mol. The van der Waals surface area contributed by atoms with Gasteiger partial charge in [0.05, 0.1) is 0 Å². The van der Waals surface area contributed by atoms with E-state index in [1.54, 1.807) is 25.1 Å². The monoisotopic (exact) mass is 423 g/mol. The number of ether oxygens (including phenoxy) is 1. The fourth-order valence-corrected chi connectivity index (χ4v) is 3.28. The number of amides is 1. The van der Waals surface area contributed by atoms with Gasteiger partial charge in [-0.05, 0) is 36.1 Å². The number of carboxylic acid groups (broad SMARTS) is 1. The third-order valence-electron chi connectivity index (χ3n) is 5.26. The summed E-state index contributed by atoms with van der Waals surface area (Å²) in [6.45, 7) is 5.16. The minimum Gasteiger partial charge on any atom is -0.481 e. The van der Waals surface area contributed by atoms with Gasteiger partial charge in [-0.2, -0.15) is 0 Å². The Bertz CT molecular complexity index is 1140.